The lowest BCUT2D eigenvalue weighted by Gasteiger charge is -2.42. The molecule has 370 valence electrons. The normalized spacial score (nSPS) is 17.5. The first-order valence-electron chi connectivity index (χ1n) is 27.0. The Bertz CT molecular complexity index is 3710. The third-order valence-electron chi connectivity index (χ3n) is 17.7. The second kappa shape index (κ2) is 16.0. The SMILES string of the molecule is CC(C)(C)c1ccc(Nc2ccc3c(c2)C(C)(C)CCC3(C)C)c(-c2c3c(cc4oc5ccccc5c24)N(c2ccc(C(C)(C)C)cc2-c2ccccc2)c2c(oc4cc5c(cc24)C(C)(C)CCC5(C)C)B3)c1. The highest BCUT2D eigenvalue weighted by Crippen LogP contribution is 2.54. The molecule has 4 nitrogen and oxygen atoms in total. The van der Waals surface area contributed by atoms with Crippen molar-refractivity contribution < 1.29 is 8.83 Å². The lowest BCUT2D eigenvalue weighted by atomic mass is 9.60. The molecule has 0 saturated heterocycles. The van der Waals surface area contributed by atoms with Gasteiger partial charge >= 0.3 is 0 Å². The van der Waals surface area contributed by atoms with Gasteiger partial charge in [0.05, 0.1) is 17.0 Å². The summed E-state index contributed by atoms with van der Waals surface area (Å²) in [5.41, 5.74) is 23.5. The van der Waals surface area contributed by atoms with Gasteiger partial charge in [-0.3, -0.25) is 0 Å². The van der Waals surface area contributed by atoms with Crippen LogP contribution in [0.25, 0.3) is 55.2 Å². The summed E-state index contributed by atoms with van der Waals surface area (Å²) >= 11 is 0. The molecule has 12 rings (SSSR count). The van der Waals surface area contributed by atoms with Crippen molar-refractivity contribution in [1.82, 2.24) is 0 Å². The second-order valence-corrected chi connectivity index (χ2v) is 26.8. The molecule has 0 saturated carbocycles. The molecule has 0 unspecified atom stereocenters. The van der Waals surface area contributed by atoms with Crippen LogP contribution in [-0.4, -0.2) is 7.28 Å². The highest BCUT2D eigenvalue weighted by atomic mass is 16.3. The zero-order valence-corrected chi connectivity index (χ0v) is 45.9. The third-order valence-corrected chi connectivity index (χ3v) is 17.7. The molecule has 0 amide bonds. The molecule has 0 spiro atoms. The van der Waals surface area contributed by atoms with Crippen LogP contribution in [0.2, 0.25) is 0 Å². The number of para-hydroxylation sites is 1. The molecule has 2 aromatic heterocycles. The monoisotopic (exact) mass is 961 g/mol. The van der Waals surface area contributed by atoms with Gasteiger partial charge in [0.15, 0.2) is 0 Å². The predicted molar refractivity (Wildman–Crippen MR) is 313 cm³/mol. The first-order chi connectivity index (χ1) is 34.4. The van der Waals surface area contributed by atoms with Crippen LogP contribution in [-0.2, 0) is 32.5 Å². The Labute approximate surface area is 434 Å². The van der Waals surface area contributed by atoms with Crippen LogP contribution in [0, 0.1) is 0 Å². The molecule has 9 aromatic rings. The van der Waals surface area contributed by atoms with E-state index in [2.05, 4.69) is 235 Å². The molecule has 0 atom stereocenters. The molecular formula is C68H73BN2O2. The van der Waals surface area contributed by atoms with Crippen molar-refractivity contribution in [3.05, 3.63) is 161 Å². The van der Waals surface area contributed by atoms with E-state index in [4.69, 9.17) is 8.83 Å². The van der Waals surface area contributed by atoms with Gasteiger partial charge in [-0.1, -0.05) is 164 Å². The summed E-state index contributed by atoms with van der Waals surface area (Å²) in [4.78, 5) is 2.56. The van der Waals surface area contributed by atoms with Crippen LogP contribution >= 0.6 is 0 Å². The van der Waals surface area contributed by atoms with Crippen molar-refractivity contribution in [3.8, 4) is 22.3 Å². The topological polar surface area (TPSA) is 41.6 Å². The maximum absolute atomic E-state index is 7.43. The van der Waals surface area contributed by atoms with E-state index in [1.54, 1.807) is 0 Å². The van der Waals surface area contributed by atoms with Gasteiger partial charge in [-0.05, 0) is 163 Å². The summed E-state index contributed by atoms with van der Waals surface area (Å²) in [6.07, 6.45) is 4.61. The number of anilines is 5. The van der Waals surface area contributed by atoms with Crippen molar-refractivity contribution in [3.63, 3.8) is 0 Å². The number of hydrogen-bond donors (Lipinski definition) is 1. The number of benzene rings is 7. The van der Waals surface area contributed by atoms with Crippen LogP contribution in [0.1, 0.15) is 156 Å². The molecule has 73 heavy (non-hydrogen) atoms. The van der Waals surface area contributed by atoms with E-state index in [0.29, 0.717) is 7.28 Å². The molecule has 7 aromatic carbocycles. The van der Waals surface area contributed by atoms with Crippen molar-refractivity contribution >= 4 is 79.7 Å². The lowest BCUT2D eigenvalue weighted by Crippen LogP contribution is -2.40. The van der Waals surface area contributed by atoms with Gasteiger partial charge in [-0.15, -0.1) is 0 Å². The summed E-state index contributed by atoms with van der Waals surface area (Å²) in [6.45, 7) is 33.3. The van der Waals surface area contributed by atoms with Crippen molar-refractivity contribution in [1.29, 1.82) is 0 Å². The van der Waals surface area contributed by atoms with E-state index in [0.717, 1.165) is 91.8 Å². The zero-order valence-electron chi connectivity index (χ0n) is 45.9. The minimum absolute atomic E-state index is 0.0171. The number of rotatable bonds is 5. The van der Waals surface area contributed by atoms with Crippen LogP contribution in [0.3, 0.4) is 0 Å². The van der Waals surface area contributed by atoms with E-state index < -0.39 is 0 Å². The lowest BCUT2D eigenvalue weighted by molar-refractivity contribution is 0.332. The Kier molecular flexibility index (Phi) is 10.4. The van der Waals surface area contributed by atoms with E-state index in [1.807, 2.05) is 0 Å². The van der Waals surface area contributed by atoms with E-state index in [-0.39, 0.29) is 32.5 Å². The molecule has 0 bridgehead atoms. The average molecular weight is 961 g/mol. The van der Waals surface area contributed by atoms with Gasteiger partial charge in [-0.2, -0.15) is 0 Å². The third kappa shape index (κ3) is 7.69. The van der Waals surface area contributed by atoms with Crippen LogP contribution in [0.5, 0.6) is 0 Å². The maximum Gasteiger partial charge on any atom is 0.244 e. The largest absolute Gasteiger partial charge is 0.469 e. The molecule has 5 heteroatoms. The Morgan fingerprint density at radius 2 is 1.08 bits per heavy atom. The fourth-order valence-corrected chi connectivity index (χ4v) is 12.9. The van der Waals surface area contributed by atoms with Gasteiger partial charge in [-0.25, -0.2) is 0 Å². The van der Waals surface area contributed by atoms with Gasteiger partial charge in [0.2, 0.25) is 7.28 Å². The van der Waals surface area contributed by atoms with Crippen molar-refractivity contribution in [2.45, 2.75) is 155 Å². The number of fused-ring (bicyclic) bond motifs is 9. The first kappa shape index (κ1) is 47.5. The molecule has 0 radical (unpaired) electrons. The highest BCUT2D eigenvalue weighted by molar-refractivity contribution is 6.73. The van der Waals surface area contributed by atoms with Gasteiger partial charge in [0.1, 0.15) is 16.7 Å². The van der Waals surface area contributed by atoms with E-state index in [9.17, 15) is 0 Å². The Morgan fingerprint density at radius 1 is 0.493 bits per heavy atom. The number of nitrogens with one attached hydrogen (secondary N) is 1. The van der Waals surface area contributed by atoms with Crippen LogP contribution in [0.4, 0.5) is 28.4 Å². The zero-order chi connectivity index (χ0) is 51.4. The standard InChI is InChI=1S/C68H73BN2O2/c1-63(2,3)41-24-28-52(70-43-26-27-48-49(36-43)66(9,10)31-30-65(48,7)8)46(35-41)59-58-44-22-18-19-23-55(44)72-57(58)39-54-60(59)69-62-61(47-37-50-51(38-56(47)73-62)68(13,14)33-32-67(50,11)12)71(54)53-29-25-42(64(4,5)6)34-45(53)40-20-16-15-17-21-40/h15-29,34-39,69-70H,30-33H2,1-14H3. The highest BCUT2D eigenvalue weighted by Gasteiger charge is 2.42. The van der Waals surface area contributed by atoms with Crippen LogP contribution < -0.4 is 21.3 Å². The molecule has 1 aliphatic heterocycles. The van der Waals surface area contributed by atoms with Gasteiger partial charge in [0.25, 0.3) is 0 Å². The van der Waals surface area contributed by atoms with Crippen LogP contribution in [0.15, 0.2) is 136 Å². The predicted octanol–water partition coefficient (Wildman–Crippen LogP) is 17.9. The molecule has 0 fully saturated rings. The summed E-state index contributed by atoms with van der Waals surface area (Å²) in [5, 5.41) is 7.48. The summed E-state index contributed by atoms with van der Waals surface area (Å²) in [6, 6.07) is 48.3. The Hall–Kier alpha value is -6.46. The smallest absolute Gasteiger partial charge is 0.244 e. The Balaban J connectivity index is 1.19. The van der Waals surface area contributed by atoms with Crippen molar-refractivity contribution in [2.75, 3.05) is 10.2 Å². The van der Waals surface area contributed by atoms with Gasteiger partial charge < -0.3 is 19.1 Å². The fraction of sp³-hybridized carbons (Fsp3) is 0.353. The van der Waals surface area contributed by atoms with E-state index in [1.165, 1.54) is 62.0 Å². The van der Waals surface area contributed by atoms with Crippen molar-refractivity contribution in [2.24, 2.45) is 0 Å². The average Bonchev–Trinajstić information content (AvgIpc) is 3.90. The molecule has 1 N–H and O–H groups in total. The van der Waals surface area contributed by atoms with E-state index >= 15 is 0 Å². The molecular weight excluding hydrogens is 888 g/mol. The summed E-state index contributed by atoms with van der Waals surface area (Å²) in [5.74, 6) is 0. The first-order valence-corrected chi connectivity index (χ1v) is 27.0. The number of nitrogens with zero attached hydrogens (tertiary/aromatic N) is 1. The van der Waals surface area contributed by atoms with Gasteiger partial charge in [0, 0.05) is 50.4 Å². The number of hydrogen-bond acceptors (Lipinski definition) is 4. The molecule has 3 aliphatic rings. The quantitative estimate of drug-likeness (QED) is 0.175. The minimum Gasteiger partial charge on any atom is -0.469 e. The number of furan rings is 2. The fourth-order valence-electron chi connectivity index (χ4n) is 12.9. The maximum atomic E-state index is 7.43. The second-order valence-electron chi connectivity index (χ2n) is 26.8. The minimum atomic E-state index is -0.112. The molecule has 3 heterocycles. The molecule has 2 aliphatic carbocycles. The summed E-state index contributed by atoms with van der Waals surface area (Å²) < 4.78 is 14.5. The Morgan fingerprint density at radius 3 is 1.75 bits per heavy atom. The summed E-state index contributed by atoms with van der Waals surface area (Å²) in [7, 11) is 0.611.